The molecule has 2 aromatic rings. The average molecular weight is 418 g/mol. The number of halogens is 1. The van der Waals surface area contributed by atoms with Crippen LogP contribution in [0.25, 0.3) is 0 Å². The van der Waals surface area contributed by atoms with Crippen LogP contribution in [-0.4, -0.2) is 32.6 Å². The Balaban J connectivity index is 1.82. The van der Waals surface area contributed by atoms with E-state index in [0.717, 1.165) is 16.6 Å². The number of carbonyl (C=O) groups is 2. The smallest absolute Gasteiger partial charge is 0.341 e. The summed E-state index contributed by atoms with van der Waals surface area (Å²) in [5.41, 5.74) is 3.42. The second-order valence-electron chi connectivity index (χ2n) is 6.16. The second-order valence-corrected chi connectivity index (χ2v) is 6.72. The van der Waals surface area contributed by atoms with Crippen molar-refractivity contribution in [3.8, 4) is 5.75 Å². The minimum atomic E-state index is -0.440. The van der Waals surface area contributed by atoms with Gasteiger partial charge in [-0.05, 0) is 35.4 Å². The van der Waals surface area contributed by atoms with Crippen LogP contribution in [0.3, 0.4) is 0 Å². The maximum atomic E-state index is 12.5. The van der Waals surface area contributed by atoms with Gasteiger partial charge >= 0.3 is 5.97 Å². The molecule has 0 aromatic heterocycles. The number of methoxy groups -OCH3 is 2. The van der Waals surface area contributed by atoms with Crippen molar-refractivity contribution in [2.24, 2.45) is 0 Å². The maximum absolute atomic E-state index is 12.5. The molecule has 1 saturated heterocycles. The highest BCUT2D eigenvalue weighted by atomic mass is 79.9. The molecule has 1 amide bonds. The van der Waals surface area contributed by atoms with Crippen LogP contribution in [0.2, 0.25) is 0 Å². The molecule has 1 unspecified atom stereocenters. The fraction of sp³-hybridized carbons (Fsp3) is 0.300. The lowest BCUT2D eigenvalue weighted by Crippen LogP contribution is -2.24. The number of ether oxygens (including phenoxy) is 2. The molecule has 136 valence electrons. The van der Waals surface area contributed by atoms with E-state index in [1.54, 1.807) is 6.07 Å². The first kappa shape index (κ1) is 18.5. The van der Waals surface area contributed by atoms with Crippen LogP contribution in [0.5, 0.6) is 5.75 Å². The van der Waals surface area contributed by atoms with Gasteiger partial charge in [0.05, 0.1) is 14.2 Å². The van der Waals surface area contributed by atoms with Gasteiger partial charge in [-0.2, -0.15) is 0 Å². The molecule has 0 radical (unpaired) electrons. The number of rotatable bonds is 5. The second kappa shape index (κ2) is 7.91. The number of esters is 1. The molecule has 0 spiro atoms. The SMILES string of the molecule is COC(=O)c1ccc(C2CC(=O)N(c3ccc(CBr)cc3)C2)cc1OC. The summed E-state index contributed by atoms with van der Waals surface area (Å²) in [7, 11) is 2.85. The van der Waals surface area contributed by atoms with Crippen LogP contribution in [0.1, 0.15) is 33.8 Å². The van der Waals surface area contributed by atoms with Gasteiger partial charge in [-0.15, -0.1) is 0 Å². The molecule has 1 fully saturated rings. The van der Waals surface area contributed by atoms with Gasteiger partial charge in [-0.3, -0.25) is 4.79 Å². The van der Waals surface area contributed by atoms with E-state index in [4.69, 9.17) is 9.47 Å². The van der Waals surface area contributed by atoms with Crippen molar-refractivity contribution in [1.82, 2.24) is 0 Å². The Morgan fingerprint density at radius 2 is 1.92 bits per heavy atom. The summed E-state index contributed by atoms with van der Waals surface area (Å²) >= 11 is 3.43. The Hall–Kier alpha value is -2.34. The summed E-state index contributed by atoms with van der Waals surface area (Å²) in [4.78, 5) is 26.1. The van der Waals surface area contributed by atoms with E-state index >= 15 is 0 Å². The van der Waals surface area contributed by atoms with E-state index in [1.165, 1.54) is 19.8 Å². The Bertz CT molecular complexity index is 819. The van der Waals surface area contributed by atoms with E-state index in [9.17, 15) is 9.59 Å². The summed E-state index contributed by atoms with van der Waals surface area (Å²) in [5, 5.41) is 0.788. The third kappa shape index (κ3) is 3.60. The van der Waals surface area contributed by atoms with Gasteiger partial charge in [0.15, 0.2) is 0 Å². The fourth-order valence-corrected chi connectivity index (χ4v) is 3.56. The van der Waals surface area contributed by atoms with E-state index in [-0.39, 0.29) is 11.8 Å². The topological polar surface area (TPSA) is 55.8 Å². The predicted octanol–water partition coefficient (Wildman–Crippen LogP) is 3.90. The van der Waals surface area contributed by atoms with Gasteiger partial charge in [0.2, 0.25) is 5.91 Å². The van der Waals surface area contributed by atoms with Gasteiger partial charge in [0.1, 0.15) is 11.3 Å². The number of alkyl halides is 1. The maximum Gasteiger partial charge on any atom is 0.341 e. The molecule has 5 nitrogen and oxygen atoms in total. The molecule has 1 aliphatic rings. The number of benzene rings is 2. The Labute approximate surface area is 161 Å². The molecule has 0 N–H and O–H groups in total. The normalized spacial score (nSPS) is 16.7. The van der Waals surface area contributed by atoms with Crippen molar-refractivity contribution < 1.29 is 19.1 Å². The summed E-state index contributed by atoms with van der Waals surface area (Å²) in [6, 6.07) is 13.3. The lowest BCUT2D eigenvalue weighted by Gasteiger charge is -2.18. The summed E-state index contributed by atoms with van der Waals surface area (Å²) in [5.74, 6) is 0.169. The number of hydrogen-bond donors (Lipinski definition) is 0. The molecule has 6 heteroatoms. The Kier molecular flexibility index (Phi) is 5.61. The highest BCUT2D eigenvalue weighted by Gasteiger charge is 2.32. The van der Waals surface area contributed by atoms with E-state index in [2.05, 4.69) is 15.9 Å². The zero-order chi connectivity index (χ0) is 18.7. The highest BCUT2D eigenvalue weighted by molar-refractivity contribution is 9.08. The van der Waals surface area contributed by atoms with Crippen molar-refractivity contribution >= 4 is 33.5 Å². The first-order valence-electron chi connectivity index (χ1n) is 8.29. The van der Waals surface area contributed by atoms with Crippen LogP contribution in [0.15, 0.2) is 42.5 Å². The van der Waals surface area contributed by atoms with E-state index in [1.807, 2.05) is 41.3 Å². The van der Waals surface area contributed by atoms with Gasteiger partial charge < -0.3 is 14.4 Å². The van der Waals surface area contributed by atoms with Crippen LogP contribution in [0.4, 0.5) is 5.69 Å². The Morgan fingerprint density at radius 1 is 1.19 bits per heavy atom. The molecule has 0 aliphatic carbocycles. The van der Waals surface area contributed by atoms with Crippen molar-refractivity contribution in [2.45, 2.75) is 17.7 Å². The first-order chi connectivity index (χ1) is 12.6. The average Bonchev–Trinajstić information content (AvgIpc) is 3.08. The number of nitrogens with zero attached hydrogens (tertiary/aromatic N) is 1. The van der Waals surface area contributed by atoms with Crippen molar-refractivity contribution in [3.05, 3.63) is 59.2 Å². The third-order valence-electron chi connectivity index (χ3n) is 4.63. The predicted molar refractivity (Wildman–Crippen MR) is 103 cm³/mol. The van der Waals surface area contributed by atoms with Gasteiger partial charge in [-0.1, -0.05) is 34.1 Å². The number of anilines is 1. The number of hydrogen-bond acceptors (Lipinski definition) is 4. The van der Waals surface area contributed by atoms with Crippen LogP contribution in [-0.2, 0) is 14.9 Å². The van der Waals surface area contributed by atoms with Gasteiger partial charge in [-0.25, -0.2) is 4.79 Å². The minimum absolute atomic E-state index is 0.0546. The molecule has 1 aliphatic heterocycles. The monoisotopic (exact) mass is 417 g/mol. The van der Waals surface area contributed by atoms with Crippen molar-refractivity contribution in [3.63, 3.8) is 0 Å². The van der Waals surface area contributed by atoms with Gasteiger partial charge in [0, 0.05) is 29.9 Å². The molecule has 1 atom stereocenters. The Morgan fingerprint density at radius 3 is 2.54 bits per heavy atom. The number of carbonyl (C=O) groups excluding carboxylic acids is 2. The van der Waals surface area contributed by atoms with Crippen LogP contribution >= 0.6 is 15.9 Å². The summed E-state index contributed by atoms with van der Waals surface area (Å²) in [6.07, 6.45) is 0.431. The van der Waals surface area contributed by atoms with E-state index < -0.39 is 5.97 Å². The zero-order valence-corrected chi connectivity index (χ0v) is 16.3. The first-order valence-corrected chi connectivity index (χ1v) is 9.41. The molecule has 1 heterocycles. The minimum Gasteiger partial charge on any atom is -0.496 e. The molecule has 3 rings (SSSR count). The van der Waals surface area contributed by atoms with Crippen molar-refractivity contribution in [1.29, 1.82) is 0 Å². The molecule has 0 bridgehead atoms. The largest absolute Gasteiger partial charge is 0.496 e. The van der Waals surface area contributed by atoms with Crippen LogP contribution in [0, 0.1) is 0 Å². The summed E-state index contributed by atoms with van der Waals surface area (Å²) in [6.45, 7) is 0.604. The third-order valence-corrected chi connectivity index (χ3v) is 5.28. The molecule has 26 heavy (non-hydrogen) atoms. The zero-order valence-electron chi connectivity index (χ0n) is 14.7. The molecular formula is C20H20BrNO4. The van der Waals surface area contributed by atoms with Crippen molar-refractivity contribution in [2.75, 3.05) is 25.7 Å². The quantitative estimate of drug-likeness (QED) is 0.546. The highest BCUT2D eigenvalue weighted by Crippen LogP contribution is 2.34. The van der Waals surface area contributed by atoms with Crippen LogP contribution < -0.4 is 9.64 Å². The molecular weight excluding hydrogens is 398 g/mol. The van der Waals surface area contributed by atoms with E-state index in [0.29, 0.717) is 24.3 Å². The lowest BCUT2D eigenvalue weighted by atomic mass is 9.96. The molecule has 2 aromatic carbocycles. The standard InChI is InChI=1S/C20H20BrNO4/c1-25-18-9-14(5-8-17(18)20(24)26-2)15-10-19(23)22(12-15)16-6-3-13(11-21)4-7-16/h3-9,15H,10-12H2,1-2H3. The van der Waals surface area contributed by atoms with Gasteiger partial charge in [0.25, 0.3) is 0 Å². The fourth-order valence-electron chi connectivity index (χ4n) is 3.19. The summed E-state index contributed by atoms with van der Waals surface area (Å²) < 4.78 is 10.1. The molecule has 0 saturated carbocycles. The lowest BCUT2D eigenvalue weighted by molar-refractivity contribution is -0.117. The number of amides is 1.